The molecule has 2 amide bonds. The molecule has 0 atom stereocenters. The number of aromatic nitrogens is 3. The van der Waals surface area contributed by atoms with Crippen LogP contribution in [0.1, 0.15) is 11.1 Å². The normalized spacial score (nSPS) is 10.6. The second-order valence-corrected chi connectivity index (χ2v) is 7.72. The lowest BCUT2D eigenvalue weighted by Crippen LogP contribution is -2.34. The van der Waals surface area contributed by atoms with E-state index in [2.05, 4.69) is 20.8 Å². The maximum absolute atomic E-state index is 12.2. The minimum Gasteiger partial charge on any atom is -0.346 e. The molecular formula is C20H20ClN5O2S. The Morgan fingerprint density at radius 1 is 1.10 bits per heavy atom. The zero-order valence-corrected chi connectivity index (χ0v) is 17.5. The number of thioether (sulfide) groups is 1. The van der Waals surface area contributed by atoms with Crippen LogP contribution in [0.3, 0.4) is 0 Å². The van der Waals surface area contributed by atoms with Gasteiger partial charge >= 0.3 is 0 Å². The van der Waals surface area contributed by atoms with Crippen molar-refractivity contribution >= 4 is 40.9 Å². The van der Waals surface area contributed by atoms with Gasteiger partial charge in [0.1, 0.15) is 6.33 Å². The first kappa shape index (κ1) is 20.9. The molecule has 7 nitrogen and oxygen atoms in total. The number of anilines is 1. The van der Waals surface area contributed by atoms with Crippen LogP contribution in [0.5, 0.6) is 0 Å². The van der Waals surface area contributed by atoms with E-state index < -0.39 is 0 Å². The highest BCUT2D eigenvalue weighted by Gasteiger charge is 2.12. The number of halogens is 1. The van der Waals surface area contributed by atoms with Gasteiger partial charge in [0.25, 0.3) is 0 Å². The van der Waals surface area contributed by atoms with Crippen molar-refractivity contribution < 1.29 is 9.59 Å². The molecule has 0 fully saturated rings. The predicted molar refractivity (Wildman–Crippen MR) is 115 cm³/mol. The van der Waals surface area contributed by atoms with Gasteiger partial charge in [0.05, 0.1) is 18.0 Å². The van der Waals surface area contributed by atoms with Crippen LogP contribution in [0.4, 0.5) is 5.69 Å². The summed E-state index contributed by atoms with van der Waals surface area (Å²) >= 11 is 7.25. The molecule has 2 aromatic carbocycles. The molecule has 1 aromatic heterocycles. The van der Waals surface area contributed by atoms with Crippen molar-refractivity contribution in [1.29, 1.82) is 0 Å². The van der Waals surface area contributed by atoms with Crippen molar-refractivity contribution in [2.24, 2.45) is 0 Å². The summed E-state index contributed by atoms with van der Waals surface area (Å²) in [5, 5.41) is 14.6. The van der Waals surface area contributed by atoms with Crippen molar-refractivity contribution in [3.63, 3.8) is 0 Å². The molecule has 2 N–H and O–H groups in total. The summed E-state index contributed by atoms with van der Waals surface area (Å²) in [7, 11) is 0. The number of nitrogens with one attached hydrogen (secondary N) is 2. The minimum absolute atomic E-state index is 0.103. The molecule has 0 saturated carbocycles. The summed E-state index contributed by atoms with van der Waals surface area (Å²) < 4.78 is 1.75. The zero-order valence-electron chi connectivity index (χ0n) is 16.0. The Morgan fingerprint density at radius 3 is 2.55 bits per heavy atom. The second kappa shape index (κ2) is 9.58. The lowest BCUT2D eigenvalue weighted by atomic mass is 10.1. The van der Waals surface area contributed by atoms with E-state index in [0.29, 0.717) is 10.2 Å². The van der Waals surface area contributed by atoms with E-state index in [1.54, 1.807) is 23.0 Å². The van der Waals surface area contributed by atoms with Crippen LogP contribution in [-0.2, 0) is 9.59 Å². The summed E-state index contributed by atoms with van der Waals surface area (Å²) in [6.45, 7) is 3.75. The van der Waals surface area contributed by atoms with Crippen molar-refractivity contribution in [2.45, 2.75) is 19.0 Å². The zero-order chi connectivity index (χ0) is 20.8. The molecule has 0 saturated heterocycles. The summed E-state index contributed by atoms with van der Waals surface area (Å²) in [5.74, 6) is -0.439. The summed E-state index contributed by atoms with van der Waals surface area (Å²) in [6.07, 6.45) is 1.56. The van der Waals surface area contributed by atoms with Crippen LogP contribution >= 0.6 is 23.4 Å². The minimum atomic E-state index is -0.275. The quantitative estimate of drug-likeness (QED) is 0.562. The van der Waals surface area contributed by atoms with Crippen LogP contribution in [0.2, 0.25) is 5.02 Å². The Bertz CT molecular complexity index is 1020. The topological polar surface area (TPSA) is 88.9 Å². The number of carbonyl (C=O) groups is 2. The van der Waals surface area contributed by atoms with Gasteiger partial charge in [0, 0.05) is 10.7 Å². The highest BCUT2D eigenvalue weighted by molar-refractivity contribution is 7.99. The summed E-state index contributed by atoms with van der Waals surface area (Å²) in [4.78, 5) is 24.3. The first-order valence-corrected chi connectivity index (χ1v) is 10.2. The number of aryl methyl sites for hydroxylation is 2. The Balaban J connectivity index is 1.51. The van der Waals surface area contributed by atoms with Gasteiger partial charge in [-0.05, 0) is 43.2 Å². The van der Waals surface area contributed by atoms with E-state index in [4.69, 9.17) is 11.6 Å². The van der Waals surface area contributed by atoms with Gasteiger partial charge in [-0.2, -0.15) is 0 Å². The van der Waals surface area contributed by atoms with Crippen LogP contribution in [0.25, 0.3) is 5.69 Å². The molecule has 1 heterocycles. The Morgan fingerprint density at radius 2 is 1.83 bits per heavy atom. The highest BCUT2D eigenvalue weighted by Crippen LogP contribution is 2.21. The number of nitrogens with zero attached hydrogens (tertiary/aromatic N) is 3. The maximum Gasteiger partial charge on any atom is 0.243 e. The molecule has 3 rings (SSSR count). The lowest BCUT2D eigenvalue weighted by molar-refractivity contribution is -0.122. The Hall–Kier alpha value is -2.84. The van der Waals surface area contributed by atoms with Crippen molar-refractivity contribution in [3.05, 3.63) is 64.9 Å². The largest absolute Gasteiger partial charge is 0.346 e. The number of benzene rings is 2. The van der Waals surface area contributed by atoms with Gasteiger partial charge < -0.3 is 10.6 Å². The predicted octanol–water partition coefficient (Wildman–Crippen LogP) is 3.38. The number of rotatable bonds is 7. The lowest BCUT2D eigenvalue weighted by Gasteiger charge is -2.12. The maximum atomic E-state index is 12.2. The van der Waals surface area contributed by atoms with E-state index in [9.17, 15) is 9.59 Å². The number of hydrogen-bond acceptors (Lipinski definition) is 5. The third kappa shape index (κ3) is 5.58. The standard InChI is InChI=1S/C20H20ClN5O2S/c1-13-5-3-6-14(2)19(13)24-17(27)10-22-18(28)11-29-20-25-23-12-26(20)16-8-4-7-15(21)9-16/h3-9,12H,10-11H2,1-2H3,(H,22,28)(H,24,27). The Kier molecular flexibility index (Phi) is 6.90. The fourth-order valence-corrected chi connectivity index (χ4v) is 3.62. The number of carbonyl (C=O) groups excluding carboxylic acids is 2. The van der Waals surface area contributed by atoms with Crippen molar-refractivity contribution in [2.75, 3.05) is 17.6 Å². The molecule has 0 unspecified atom stereocenters. The fraction of sp³-hybridized carbons (Fsp3) is 0.200. The van der Waals surface area contributed by atoms with Crippen molar-refractivity contribution in [1.82, 2.24) is 20.1 Å². The van der Waals surface area contributed by atoms with E-state index in [0.717, 1.165) is 22.5 Å². The molecular weight excluding hydrogens is 410 g/mol. The molecule has 0 spiro atoms. The van der Waals surface area contributed by atoms with Gasteiger partial charge in [-0.15, -0.1) is 10.2 Å². The van der Waals surface area contributed by atoms with Crippen LogP contribution in [0, 0.1) is 13.8 Å². The van der Waals surface area contributed by atoms with E-state index in [1.165, 1.54) is 11.8 Å². The van der Waals surface area contributed by atoms with Gasteiger partial charge in [0.2, 0.25) is 11.8 Å². The summed E-state index contributed by atoms with van der Waals surface area (Å²) in [6, 6.07) is 13.0. The number of hydrogen-bond donors (Lipinski definition) is 2. The third-order valence-corrected chi connectivity index (χ3v) is 5.31. The van der Waals surface area contributed by atoms with Crippen molar-refractivity contribution in [3.8, 4) is 5.69 Å². The smallest absolute Gasteiger partial charge is 0.243 e. The van der Waals surface area contributed by atoms with Gasteiger partial charge in [0.15, 0.2) is 5.16 Å². The van der Waals surface area contributed by atoms with Crippen LogP contribution in [0.15, 0.2) is 53.9 Å². The van der Waals surface area contributed by atoms with Gasteiger partial charge in [-0.25, -0.2) is 0 Å². The molecule has 9 heteroatoms. The molecule has 0 bridgehead atoms. The number of amides is 2. The number of para-hydroxylation sites is 1. The van der Waals surface area contributed by atoms with Gasteiger partial charge in [-0.1, -0.05) is 47.6 Å². The fourth-order valence-electron chi connectivity index (χ4n) is 2.68. The monoisotopic (exact) mass is 429 g/mol. The molecule has 0 aliphatic heterocycles. The highest BCUT2D eigenvalue weighted by atomic mass is 35.5. The molecule has 0 radical (unpaired) electrons. The molecule has 0 aliphatic rings. The SMILES string of the molecule is Cc1cccc(C)c1NC(=O)CNC(=O)CSc1nncn1-c1cccc(Cl)c1. The average molecular weight is 430 g/mol. The van der Waals surface area contributed by atoms with E-state index in [-0.39, 0.29) is 24.1 Å². The summed E-state index contributed by atoms with van der Waals surface area (Å²) in [5.41, 5.74) is 3.52. The molecule has 29 heavy (non-hydrogen) atoms. The van der Waals surface area contributed by atoms with Crippen LogP contribution < -0.4 is 10.6 Å². The van der Waals surface area contributed by atoms with E-state index in [1.807, 2.05) is 44.2 Å². The van der Waals surface area contributed by atoms with E-state index >= 15 is 0 Å². The third-order valence-electron chi connectivity index (χ3n) is 4.13. The van der Waals surface area contributed by atoms with Crippen LogP contribution in [-0.4, -0.2) is 38.9 Å². The first-order chi connectivity index (χ1) is 13.9. The molecule has 3 aromatic rings. The Labute approximate surface area is 177 Å². The second-order valence-electron chi connectivity index (χ2n) is 6.34. The van der Waals surface area contributed by atoms with Gasteiger partial charge in [-0.3, -0.25) is 14.2 Å². The first-order valence-electron chi connectivity index (χ1n) is 8.85. The molecule has 0 aliphatic carbocycles. The molecule has 150 valence electrons. The average Bonchev–Trinajstić information content (AvgIpc) is 3.16.